The van der Waals surface area contributed by atoms with Crippen molar-refractivity contribution in [2.45, 2.75) is 57.8 Å². The quantitative estimate of drug-likeness (QED) is 0.778. The summed E-state index contributed by atoms with van der Waals surface area (Å²) < 4.78 is 6.01. The number of ether oxygens (including phenoxy) is 1. The highest BCUT2D eigenvalue weighted by atomic mass is 16.5. The zero-order chi connectivity index (χ0) is 11.8. The summed E-state index contributed by atoms with van der Waals surface area (Å²) in [5, 5.41) is 9.68. The average Bonchev–Trinajstić information content (AvgIpc) is 2.52. The summed E-state index contributed by atoms with van der Waals surface area (Å²) in [6.45, 7) is 9.56. The van der Waals surface area contributed by atoms with Gasteiger partial charge in [-0.05, 0) is 39.0 Å². The largest absolute Gasteiger partial charge is 0.393 e. The number of hydrogen-bond donors (Lipinski definition) is 1. The summed E-state index contributed by atoms with van der Waals surface area (Å²) in [6.07, 6.45) is 3.57. The van der Waals surface area contributed by atoms with Gasteiger partial charge in [0.2, 0.25) is 0 Å². The molecule has 2 aliphatic heterocycles. The topological polar surface area (TPSA) is 32.7 Å². The summed E-state index contributed by atoms with van der Waals surface area (Å²) in [5.41, 5.74) is 0.0750. The first-order chi connectivity index (χ1) is 7.46. The molecule has 2 heterocycles. The molecule has 0 aromatic rings. The third-order valence-corrected chi connectivity index (χ3v) is 3.96. The zero-order valence-electron chi connectivity index (χ0n) is 10.8. The predicted molar refractivity (Wildman–Crippen MR) is 64.4 cm³/mol. The maximum absolute atomic E-state index is 9.68. The van der Waals surface area contributed by atoms with E-state index in [1.54, 1.807) is 0 Å². The van der Waals surface area contributed by atoms with Gasteiger partial charge in [-0.3, -0.25) is 0 Å². The molecule has 0 aromatic carbocycles. The Labute approximate surface area is 98.8 Å². The molecule has 2 aliphatic rings. The molecular weight excluding hydrogens is 202 g/mol. The van der Waals surface area contributed by atoms with Crippen LogP contribution in [-0.2, 0) is 4.74 Å². The Kier molecular flexibility index (Phi) is 3.57. The van der Waals surface area contributed by atoms with Gasteiger partial charge < -0.3 is 14.7 Å². The van der Waals surface area contributed by atoms with Gasteiger partial charge in [-0.15, -0.1) is 0 Å². The van der Waals surface area contributed by atoms with E-state index in [-0.39, 0.29) is 11.7 Å². The maximum Gasteiger partial charge on any atom is 0.0710 e. The van der Waals surface area contributed by atoms with Gasteiger partial charge in [0, 0.05) is 19.6 Å². The first-order valence-electron chi connectivity index (χ1n) is 6.54. The first-order valence-corrected chi connectivity index (χ1v) is 6.54. The van der Waals surface area contributed by atoms with Crippen molar-refractivity contribution in [3.8, 4) is 0 Å². The van der Waals surface area contributed by atoms with E-state index in [1.807, 2.05) is 0 Å². The molecule has 2 fully saturated rings. The van der Waals surface area contributed by atoms with E-state index in [0.29, 0.717) is 12.0 Å². The van der Waals surface area contributed by atoms with Gasteiger partial charge in [0.15, 0.2) is 0 Å². The van der Waals surface area contributed by atoms with Gasteiger partial charge in [-0.2, -0.15) is 0 Å². The van der Waals surface area contributed by atoms with Crippen LogP contribution in [0.1, 0.15) is 40.0 Å². The van der Waals surface area contributed by atoms with Crippen LogP contribution in [-0.4, -0.2) is 47.4 Å². The van der Waals surface area contributed by atoms with Gasteiger partial charge in [0.1, 0.15) is 0 Å². The Hall–Kier alpha value is -0.120. The van der Waals surface area contributed by atoms with Crippen molar-refractivity contribution in [3.63, 3.8) is 0 Å². The first kappa shape index (κ1) is 12.3. The lowest BCUT2D eigenvalue weighted by molar-refractivity contribution is -0.0421. The fraction of sp³-hybridized carbons (Fsp3) is 1.00. The molecule has 3 unspecified atom stereocenters. The van der Waals surface area contributed by atoms with Crippen LogP contribution < -0.4 is 0 Å². The number of rotatable bonds is 2. The van der Waals surface area contributed by atoms with Crippen LogP contribution in [0, 0.1) is 5.92 Å². The molecule has 16 heavy (non-hydrogen) atoms. The van der Waals surface area contributed by atoms with E-state index >= 15 is 0 Å². The van der Waals surface area contributed by atoms with Gasteiger partial charge in [-0.25, -0.2) is 0 Å². The van der Waals surface area contributed by atoms with Crippen LogP contribution in [0.3, 0.4) is 0 Å². The number of aliphatic hydroxyl groups excluding tert-OH is 1. The molecule has 0 aromatic heterocycles. The summed E-state index contributed by atoms with van der Waals surface area (Å²) in [5.74, 6) is 0.406. The van der Waals surface area contributed by atoms with E-state index in [0.717, 1.165) is 26.1 Å². The van der Waals surface area contributed by atoms with Gasteiger partial charge in [-0.1, -0.05) is 6.92 Å². The Morgan fingerprint density at radius 1 is 1.38 bits per heavy atom. The molecule has 0 aliphatic carbocycles. The summed E-state index contributed by atoms with van der Waals surface area (Å²) in [7, 11) is 0. The van der Waals surface area contributed by atoms with Gasteiger partial charge in [0.05, 0.1) is 17.8 Å². The second-order valence-electron chi connectivity index (χ2n) is 6.13. The Morgan fingerprint density at radius 2 is 2.12 bits per heavy atom. The van der Waals surface area contributed by atoms with E-state index in [4.69, 9.17) is 4.74 Å². The molecule has 1 N–H and O–H groups in total. The highest BCUT2D eigenvalue weighted by Crippen LogP contribution is 2.30. The van der Waals surface area contributed by atoms with Crippen LogP contribution in [0.15, 0.2) is 0 Å². The normalized spacial score (nSPS) is 40.1. The standard InChI is InChI=1S/C13H25NO2/c1-10-8-14(7-5-12(10)15)9-11-4-6-13(2,3)16-11/h10-12,15H,4-9H2,1-3H3. The average molecular weight is 227 g/mol. The van der Waals surface area contributed by atoms with Crippen molar-refractivity contribution in [1.29, 1.82) is 0 Å². The third kappa shape index (κ3) is 2.96. The monoisotopic (exact) mass is 227 g/mol. The zero-order valence-corrected chi connectivity index (χ0v) is 10.8. The van der Waals surface area contributed by atoms with Crippen LogP contribution in [0.25, 0.3) is 0 Å². The van der Waals surface area contributed by atoms with Crippen LogP contribution in [0.5, 0.6) is 0 Å². The lowest BCUT2D eigenvalue weighted by Gasteiger charge is -2.35. The van der Waals surface area contributed by atoms with Crippen molar-refractivity contribution in [3.05, 3.63) is 0 Å². The number of nitrogens with zero attached hydrogens (tertiary/aromatic N) is 1. The minimum atomic E-state index is -0.0998. The fourth-order valence-electron chi connectivity index (χ4n) is 2.88. The molecule has 0 radical (unpaired) electrons. The molecule has 2 saturated heterocycles. The van der Waals surface area contributed by atoms with Crippen LogP contribution in [0.2, 0.25) is 0 Å². The molecule has 2 rings (SSSR count). The van der Waals surface area contributed by atoms with Crippen molar-refractivity contribution in [1.82, 2.24) is 4.90 Å². The molecular formula is C13H25NO2. The van der Waals surface area contributed by atoms with E-state index < -0.39 is 0 Å². The predicted octanol–water partition coefficient (Wildman–Crippen LogP) is 1.65. The highest BCUT2D eigenvalue weighted by Gasteiger charge is 2.34. The minimum Gasteiger partial charge on any atom is -0.393 e. The Bertz CT molecular complexity index is 242. The maximum atomic E-state index is 9.68. The van der Waals surface area contributed by atoms with E-state index in [2.05, 4.69) is 25.7 Å². The number of piperidine rings is 1. The number of hydrogen-bond acceptors (Lipinski definition) is 3. The van der Waals surface area contributed by atoms with Gasteiger partial charge in [0.25, 0.3) is 0 Å². The van der Waals surface area contributed by atoms with Crippen LogP contribution >= 0.6 is 0 Å². The lowest BCUT2D eigenvalue weighted by Crippen LogP contribution is -2.45. The smallest absolute Gasteiger partial charge is 0.0710 e. The number of aliphatic hydroxyl groups is 1. The SMILES string of the molecule is CC1CN(CC2CCC(C)(C)O2)CCC1O. The second kappa shape index (κ2) is 4.63. The molecule has 3 heteroatoms. The Morgan fingerprint density at radius 3 is 2.69 bits per heavy atom. The van der Waals surface area contributed by atoms with Crippen molar-refractivity contribution < 1.29 is 9.84 Å². The molecule has 3 nitrogen and oxygen atoms in total. The van der Waals surface area contributed by atoms with Crippen molar-refractivity contribution in [2.75, 3.05) is 19.6 Å². The summed E-state index contributed by atoms with van der Waals surface area (Å²) >= 11 is 0. The fourth-order valence-corrected chi connectivity index (χ4v) is 2.88. The lowest BCUT2D eigenvalue weighted by atomic mass is 9.96. The van der Waals surface area contributed by atoms with E-state index in [9.17, 15) is 5.11 Å². The Balaban J connectivity index is 1.78. The molecule has 0 spiro atoms. The molecule has 0 amide bonds. The second-order valence-corrected chi connectivity index (χ2v) is 6.13. The van der Waals surface area contributed by atoms with Crippen LogP contribution in [0.4, 0.5) is 0 Å². The molecule has 3 atom stereocenters. The van der Waals surface area contributed by atoms with E-state index in [1.165, 1.54) is 12.8 Å². The minimum absolute atomic E-state index is 0.0750. The van der Waals surface area contributed by atoms with Crippen molar-refractivity contribution >= 4 is 0 Å². The molecule has 0 saturated carbocycles. The number of likely N-dealkylation sites (tertiary alicyclic amines) is 1. The summed E-state index contributed by atoms with van der Waals surface area (Å²) in [4.78, 5) is 2.45. The third-order valence-electron chi connectivity index (χ3n) is 3.96. The van der Waals surface area contributed by atoms with Crippen molar-refractivity contribution in [2.24, 2.45) is 5.92 Å². The molecule has 0 bridgehead atoms. The highest BCUT2D eigenvalue weighted by molar-refractivity contribution is 4.85. The molecule has 94 valence electrons. The summed E-state index contributed by atoms with van der Waals surface area (Å²) in [6, 6.07) is 0. The van der Waals surface area contributed by atoms with Gasteiger partial charge >= 0.3 is 0 Å².